The van der Waals surface area contributed by atoms with Gasteiger partial charge in [-0.3, -0.25) is 4.90 Å². The van der Waals surface area contributed by atoms with Gasteiger partial charge in [0.1, 0.15) is 17.6 Å². The number of likely N-dealkylation sites (tertiary alicyclic amines) is 1. The van der Waals surface area contributed by atoms with E-state index in [1.165, 1.54) is 17.1 Å². The zero-order valence-electron chi connectivity index (χ0n) is 15.8. The van der Waals surface area contributed by atoms with Crippen molar-refractivity contribution >= 4 is 11.4 Å². The van der Waals surface area contributed by atoms with Gasteiger partial charge in [0.25, 0.3) is 0 Å². The third kappa shape index (κ3) is 3.09. The highest BCUT2D eigenvalue weighted by atomic mass is 16.5. The number of aromatic amines is 1. The maximum atomic E-state index is 5.57. The fourth-order valence-electron chi connectivity index (χ4n) is 4.21. The van der Waals surface area contributed by atoms with Crippen molar-refractivity contribution in [1.82, 2.24) is 14.9 Å². The van der Waals surface area contributed by atoms with Gasteiger partial charge in [-0.25, -0.2) is 9.99 Å². The molecule has 0 spiro atoms. The molecule has 2 aromatic rings. The van der Waals surface area contributed by atoms with Gasteiger partial charge in [-0.2, -0.15) is 5.10 Å². The van der Waals surface area contributed by atoms with Crippen LogP contribution in [0.1, 0.15) is 43.5 Å². The van der Waals surface area contributed by atoms with Gasteiger partial charge in [-0.05, 0) is 38.8 Å². The summed E-state index contributed by atoms with van der Waals surface area (Å²) in [4.78, 5) is 10.3. The molecule has 1 saturated heterocycles. The number of nitrogens with one attached hydrogen (secondary N) is 1. The van der Waals surface area contributed by atoms with Gasteiger partial charge in [0.2, 0.25) is 0 Å². The Morgan fingerprint density at radius 1 is 1.15 bits per heavy atom. The molecule has 1 aromatic heterocycles. The second kappa shape index (κ2) is 7.11. The highest BCUT2D eigenvalue weighted by Crippen LogP contribution is 2.36. The third-order valence-corrected chi connectivity index (χ3v) is 5.58. The third-order valence-electron chi connectivity index (χ3n) is 5.58. The van der Waals surface area contributed by atoms with Crippen LogP contribution in [0.2, 0.25) is 0 Å². The summed E-state index contributed by atoms with van der Waals surface area (Å²) < 4.78 is 5.57. The van der Waals surface area contributed by atoms with Crippen LogP contribution in [0, 0.1) is 6.92 Å². The second-order valence-electron chi connectivity index (χ2n) is 7.26. The zero-order valence-corrected chi connectivity index (χ0v) is 15.8. The van der Waals surface area contributed by atoms with E-state index in [-0.39, 0.29) is 6.17 Å². The van der Waals surface area contributed by atoms with Crippen molar-refractivity contribution in [2.45, 2.75) is 45.2 Å². The van der Waals surface area contributed by atoms with E-state index in [9.17, 15) is 0 Å². The molecule has 0 aliphatic carbocycles. The zero-order chi connectivity index (χ0) is 18.1. The maximum Gasteiger partial charge on any atom is 0.144 e. The van der Waals surface area contributed by atoms with E-state index >= 15 is 0 Å². The van der Waals surface area contributed by atoms with Crippen molar-refractivity contribution in [3.63, 3.8) is 0 Å². The minimum absolute atomic E-state index is 0.271. The number of aromatic nitrogens is 2. The second-order valence-corrected chi connectivity index (χ2v) is 7.26. The summed E-state index contributed by atoms with van der Waals surface area (Å²) in [5, 5.41) is 6.97. The molecule has 138 valence electrons. The van der Waals surface area contributed by atoms with Gasteiger partial charge in [0, 0.05) is 36.8 Å². The van der Waals surface area contributed by atoms with E-state index in [0.717, 1.165) is 43.8 Å². The van der Waals surface area contributed by atoms with Gasteiger partial charge in [-0.15, -0.1) is 0 Å². The number of benzene rings is 1. The molecule has 0 bridgehead atoms. The SMILES string of the molecule is COc1ccccc1N1N=C(C)CC1N1CCC(c2nc[nH]c2C)CC1. The highest BCUT2D eigenvalue weighted by molar-refractivity contribution is 5.86. The van der Waals surface area contributed by atoms with Gasteiger partial charge < -0.3 is 9.72 Å². The first-order chi connectivity index (χ1) is 12.7. The molecule has 2 aliphatic heterocycles. The molecular formula is C20H27N5O. The smallest absolute Gasteiger partial charge is 0.144 e. The summed E-state index contributed by atoms with van der Waals surface area (Å²) in [6.45, 7) is 6.36. The van der Waals surface area contributed by atoms with Crippen molar-refractivity contribution in [2.24, 2.45) is 5.10 Å². The van der Waals surface area contributed by atoms with E-state index in [1.807, 2.05) is 24.5 Å². The van der Waals surface area contributed by atoms with E-state index < -0.39 is 0 Å². The standard InChI is InChI=1S/C20H27N5O/c1-14-12-19(25(23-14)17-6-4-5-7-18(17)26-3)24-10-8-16(9-11-24)20-15(2)21-13-22-20/h4-7,13,16,19H,8-12H2,1-3H3,(H,21,22). The first kappa shape index (κ1) is 17.1. The van der Waals surface area contributed by atoms with Gasteiger partial charge >= 0.3 is 0 Å². The lowest BCUT2D eigenvalue weighted by Gasteiger charge is -2.39. The highest BCUT2D eigenvalue weighted by Gasteiger charge is 2.35. The Morgan fingerprint density at radius 2 is 1.92 bits per heavy atom. The lowest BCUT2D eigenvalue weighted by molar-refractivity contribution is 0.155. The van der Waals surface area contributed by atoms with Crippen molar-refractivity contribution < 1.29 is 4.74 Å². The molecule has 3 heterocycles. The summed E-state index contributed by atoms with van der Waals surface area (Å²) in [5.41, 5.74) is 4.66. The number of H-pyrrole nitrogens is 1. The van der Waals surface area contributed by atoms with Crippen molar-refractivity contribution in [2.75, 3.05) is 25.2 Å². The number of ether oxygens (including phenoxy) is 1. The number of para-hydroxylation sites is 2. The van der Waals surface area contributed by atoms with Crippen LogP contribution in [-0.2, 0) is 0 Å². The number of hydrazone groups is 1. The Hall–Kier alpha value is -2.34. The predicted octanol–water partition coefficient (Wildman–Crippen LogP) is 3.52. The van der Waals surface area contributed by atoms with E-state index in [0.29, 0.717) is 5.92 Å². The molecule has 1 unspecified atom stereocenters. The number of imidazole rings is 1. The van der Waals surface area contributed by atoms with Gasteiger partial charge in [0.05, 0.1) is 19.1 Å². The number of piperidine rings is 1. The Labute approximate surface area is 154 Å². The van der Waals surface area contributed by atoms with Crippen LogP contribution in [0.4, 0.5) is 5.69 Å². The fourth-order valence-corrected chi connectivity index (χ4v) is 4.21. The number of anilines is 1. The molecule has 0 saturated carbocycles. The number of nitrogens with zero attached hydrogens (tertiary/aromatic N) is 4. The van der Waals surface area contributed by atoms with Crippen molar-refractivity contribution in [1.29, 1.82) is 0 Å². The van der Waals surface area contributed by atoms with Crippen LogP contribution in [0.25, 0.3) is 0 Å². The fraction of sp³-hybridized carbons (Fsp3) is 0.500. The van der Waals surface area contributed by atoms with E-state index in [4.69, 9.17) is 9.84 Å². The molecule has 6 heteroatoms. The quantitative estimate of drug-likeness (QED) is 0.914. The van der Waals surface area contributed by atoms with Crippen LogP contribution >= 0.6 is 0 Å². The monoisotopic (exact) mass is 353 g/mol. The Kier molecular flexibility index (Phi) is 4.68. The average molecular weight is 353 g/mol. The molecule has 1 fully saturated rings. The Morgan fingerprint density at radius 3 is 2.62 bits per heavy atom. The van der Waals surface area contributed by atoms with Crippen LogP contribution in [0.3, 0.4) is 0 Å². The summed E-state index contributed by atoms with van der Waals surface area (Å²) in [7, 11) is 1.72. The molecule has 1 aromatic carbocycles. The normalized spacial score (nSPS) is 21.9. The maximum absolute atomic E-state index is 5.57. The lowest BCUT2D eigenvalue weighted by Crippen LogP contribution is -2.47. The molecule has 0 amide bonds. The van der Waals surface area contributed by atoms with Gasteiger partial charge in [0.15, 0.2) is 0 Å². The van der Waals surface area contributed by atoms with Crippen LogP contribution in [0.15, 0.2) is 35.7 Å². The van der Waals surface area contributed by atoms with Crippen molar-refractivity contribution in [3.8, 4) is 5.75 Å². The summed E-state index contributed by atoms with van der Waals surface area (Å²) in [5.74, 6) is 1.43. The number of aryl methyl sites for hydroxylation is 1. The van der Waals surface area contributed by atoms with Crippen LogP contribution in [-0.4, -0.2) is 46.9 Å². The molecule has 26 heavy (non-hydrogen) atoms. The topological polar surface area (TPSA) is 56.8 Å². The Bertz CT molecular complexity index is 791. The van der Waals surface area contributed by atoms with Gasteiger partial charge in [-0.1, -0.05) is 12.1 Å². The molecule has 4 rings (SSSR count). The minimum Gasteiger partial charge on any atom is -0.495 e. The number of rotatable bonds is 4. The molecule has 0 radical (unpaired) electrons. The number of hydrogen-bond donors (Lipinski definition) is 1. The largest absolute Gasteiger partial charge is 0.495 e. The molecule has 1 N–H and O–H groups in total. The summed E-state index contributed by atoms with van der Waals surface area (Å²) in [6, 6.07) is 8.14. The summed E-state index contributed by atoms with van der Waals surface area (Å²) >= 11 is 0. The van der Waals surface area contributed by atoms with E-state index in [1.54, 1.807) is 7.11 Å². The van der Waals surface area contributed by atoms with Crippen LogP contribution in [0.5, 0.6) is 5.75 Å². The van der Waals surface area contributed by atoms with E-state index in [2.05, 4.69) is 39.8 Å². The predicted molar refractivity (Wildman–Crippen MR) is 104 cm³/mol. The molecule has 1 atom stereocenters. The number of hydrogen-bond acceptors (Lipinski definition) is 5. The molecule has 6 nitrogen and oxygen atoms in total. The van der Waals surface area contributed by atoms with Crippen molar-refractivity contribution in [3.05, 3.63) is 42.0 Å². The first-order valence-corrected chi connectivity index (χ1v) is 9.37. The number of methoxy groups -OCH3 is 1. The molecular weight excluding hydrogens is 326 g/mol. The van der Waals surface area contributed by atoms with Crippen LogP contribution < -0.4 is 9.75 Å². The molecule has 2 aliphatic rings. The minimum atomic E-state index is 0.271. The first-order valence-electron chi connectivity index (χ1n) is 9.37. The lowest BCUT2D eigenvalue weighted by atomic mass is 9.92. The Balaban J connectivity index is 1.50. The average Bonchev–Trinajstić information content (AvgIpc) is 3.27. The summed E-state index contributed by atoms with van der Waals surface area (Å²) in [6.07, 6.45) is 5.34.